The number of hydrogen-bond acceptors (Lipinski definition) is 4. The number of methoxy groups -OCH3 is 1. The first-order chi connectivity index (χ1) is 10.6. The van der Waals surface area contributed by atoms with Crippen LogP contribution in [0.1, 0.15) is 50.5 Å². The average Bonchev–Trinajstić information content (AvgIpc) is 2.50. The van der Waals surface area contributed by atoms with Crippen molar-refractivity contribution >= 4 is 11.3 Å². The van der Waals surface area contributed by atoms with Gasteiger partial charge in [0.2, 0.25) is 0 Å². The fraction of sp³-hybridized carbons (Fsp3) is 0.625. The van der Waals surface area contributed by atoms with E-state index < -0.39 is 11.3 Å². The zero-order chi connectivity index (χ0) is 16.2. The zero-order valence-corrected chi connectivity index (χ0v) is 14.0. The maximum atomic E-state index is 10.2. The molecule has 0 saturated carbocycles. The van der Waals surface area contributed by atoms with Crippen LogP contribution in [0.5, 0.6) is 11.5 Å². The number of rotatable bonds is 12. The lowest BCUT2D eigenvalue weighted by atomic mass is 10.0. The third-order valence-electron chi connectivity index (χ3n) is 3.61. The Labute approximate surface area is 135 Å². The van der Waals surface area contributed by atoms with Gasteiger partial charge in [0.05, 0.1) is 7.11 Å². The fourth-order valence-electron chi connectivity index (χ4n) is 2.37. The molecule has 126 valence electrons. The molecule has 22 heavy (non-hydrogen) atoms. The molecule has 0 spiro atoms. The lowest BCUT2D eigenvalue weighted by molar-refractivity contribution is 0.373. The molecule has 0 fully saturated rings. The Balaban J connectivity index is 2.00. The molecule has 0 amide bonds. The second-order valence-electron chi connectivity index (χ2n) is 5.36. The SMILES string of the molecule is COc1cc(CCCCCCCCCNS(=O)[O-])ccc1O. The smallest absolute Gasteiger partial charge is 0.160 e. The van der Waals surface area contributed by atoms with Gasteiger partial charge in [-0.25, -0.2) is 4.72 Å². The van der Waals surface area contributed by atoms with Gasteiger partial charge in [0.15, 0.2) is 11.5 Å². The Morgan fingerprint density at radius 3 is 2.41 bits per heavy atom. The molecule has 1 atom stereocenters. The second kappa shape index (κ2) is 11.5. The lowest BCUT2D eigenvalue weighted by Gasteiger charge is -2.07. The van der Waals surface area contributed by atoms with Crippen LogP contribution in [-0.2, 0) is 17.7 Å². The van der Waals surface area contributed by atoms with E-state index in [1.165, 1.54) is 24.8 Å². The highest BCUT2D eigenvalue weighted by atomic mass is 32.2. The highest BCUT2D eigenvalue weighted by molar-refractivity contribution is 7.77. The Morgan fingerprint density at radius 1 is 1.14 bits per heavy atom. The molecule has 0 aliphatic heterocycles. The van der Waals surface area contributed by atoms with E-state index in [0.29, 0.717) is 12.3 Å². The summed E-state index contributed by atoms with van der Waals surface area (Å²) in [5.41, 5.74) is 1.19. The number of phenols is 1. The van der Waals surface area contributed by atoms with E-state index in [1.807, 2.05) is 12.1 Å². The van der Waals surface area contributed by atoms with Crippen LogP contribution in [0.3, 0.4) is 0 Å². The molecule has 1 unspecified atom stereocenters. The molecule has 0 radical (unpaired) electrons. The van der Waals surface area contributed by atoms with Crippen LogP contribution in [0, 0.1) is 0 Å². The maximum Gasteiger partial charge on any atom is 0.160 e. The van der Waals surface area contributed by atoms with Gasteiger partial charge in [-0.15, -0.1) is 0 Å². The first-order valence-corrected chi connectivity index (χ1v) is 8.89. The third kappa shape index (κ3) is 8.36. The number of ether oxygens (including phenoxy) is 1. The van der Waals surface area contributed by atoms with E-state index in [0.717, 1.165) is 32.1 Å². The van der Waals surface area contributed by atoms with Crippen molar-refractivity contribution in [1.82, 2.24) is 4.72 Å². The number of phenolic OH excluding ortho intramolecular Hbond substituents is 1. The summed E-state index contributed by atoms with van der Waals surface area (Å²) in [7, 11) is 1.56. The number of aryl methyl sites for hydroxylation is 1. The normalized spacial score (nSPS) is 12.3. The lowest BCUT2D eigenvalue weighted by Crippen LogP contribution is -2.17. The molecular weight excluding hydrogens is 302 g/mol. The summed E-state index contributed by atoms with van der Waals surface area (Å²) in [6.07, 6.45) is 8.84. The molecule has 1 rings (SSSR count). The van der Waals surface area contributed by atoms with Gasteiger partial charge < -0.3 is 14.4 Å². The zero-order valence-electron chi connectivity index (χ0n) is 13.2. The van der Waals surface area contributed by atoms with Gasteiger partial charge in [-0.2, -0.15) is 0 Å². The highest BCUT2D eigenvalue weighted by Crippen LogP contribution is 2.27. The number of unbranched alkanes of at least 4 members (excludes halogenated alkanes) is 6. The van der Waals surface area contributed by atoms with Gasteiger partial charge in [-0.3, -0.25) is 4.21 Å². The van der Waals surface area contributed by atoms with Crippen molar-refractivity contribution in [3.63, 3.8) is 0 Å². The molecule has 2 N–H and O–H groups in total. The van der Waals surface area contributed by atoms with Crippen molar-refractivity contribution in [3.8, 4) is 11.5 Å². The minimum Gasteiger partial charge on any atom is -0.760 e. The minimum atomic E-state index is -2.12. The van der Waals surface area contributed by atoms with Gasteiger partial charge in [-0.1, -0.05) is 38.2 Å². The van der Waals surface area contributed by atoms with E-state index in [2.05, 4.69) is 4.72 Å². The van der Waals surface area contributed by atoms with Gasteiger partial charge in [0, 0.05) is 17.8 Å². The van der Waals surface area contributed by atoms with Gasteiger partial charge in [-0.05, 0) is 37.0 Å². The first-order valence-electron chi connectivity index (χ1n) is 7.82. The summed E-state index contributed by atoms with van der Waals surface area (Å²) in [6.45, 7) is 0.540. The van der Waals surface area contributed by atoms with Crippen LogP contribution >= 0.6 is 0 Å². The van der Waals surface area contributed by atoms with Gasteiger partial charge >= 0.3 is 0 Å². The topological polar surface area (TPSA) is 81.6 Å². The predicted octanol–water partition coefficient (Wildman–Crippen LogP) is 3.06. The van der Waals surface area contributed by atoms with Crippen LogP contribution in [-0.4, -0.2) is 27.5 Å². The fourth-order valence-corrected chi connectivity index (χ4v) is 2.68. The van der Waals surface area contributed by atoms with Gasteiger partial charge in [0.1, 0.15) is 0 Å². The Morgan fingerprint density at radius 2 is 1.77 bits per heavy atom. The molecule has 6 heteroatoms. The summed E-state index contributed by atoms with van der Waals surface area (Å²) < 4.78 is 28.0. The average molecular weight is 328 g/mol. The Hall–Kier alpha value is -1.11. The van der Waals surface area contributed by atoms with Crippen molar-refractivity contribution < 1.29 is 18.6 Å². The van der Waals surface area contributed by atoms with Crippen molar-refractivity contribution in [2.45, 2.75) is 51.4 Å². The summed E-state index contributed by atoms with van der Waals surface area (Å²) in [5.74, 6) is 0.715. The van der Waals surface area contributed by atoms with E-state index in [9.17, 15) is 13.9 Å². The Bertz CT molecular complexity index is 454. The van der Waals surface area contributed by atoms with Crippen molar-refractivity contribution in [2.24, 2.45) is 0 Å². The second-order valence-corrected chi connectivity index (χ2v) is 6.12. The highest BCUT2D eigenvalue weighted by Gasteiger charge is 2.02. The van der Waals surface area contributed by atoms with Gasteiger partial charge in [0.25, 0.3) is 0 Å². The number of aromatic hydroxyl groups is 1. The molecule has 0 aromatic heterocycles. The standard InChI is InChI=1S/C16H27NO4S/c1-21-16-13-14(10-11-15(16)18)9-7-5-3-2-4-6-8-12-17-22(19)20/h10-11,13,17-18H,2-9,12H2,1H3,(H,19,20)/p-1. The summed E-state index contributed by atoms with van der Waals surface area (Å²) in [6, 6.07) is 5.50. The molecule has 0 aliphatic carbocycles. The molecule has 1 aromatic carbocycles. The number of benzene rings is 1. The molecule has 0 bridgehead atoms. The quantitative estimate of drug-likeness (QED) is 0.456. The van der Waals surface area contributed by atoms with E-state index in [4.69, 9.17) is 4.74 Å². The largest absolute Gasteiger partial charge is 0.760 e. The monoisotopic (exact) mass is 328 g/mol. The van der Waals surface area contributed by atoms with Crippen LogP contribution in [0.15, 0.2) is 18.2 Å². The molecular formula is C16H26NO4S-. The molecule has 0 heterocycles. The summed E-state index contributed by atoms with van der Waals surface area (Å²) >= 11 is -2.12. The first kappa shape index (κ1) is 18.9. The molecule has 5 nitrogen and oxygen atoms in total. The summed E-state index contributed by atoms with van der Waals surface area (Å²) in [4.78, 5) is 0. The minimum absolute atomic E-state index is 0.182. The number of nitrogens with one attached hydrogen (secondary N) is 1. The van der Waals surface area contributed by atoms with Crippen LogP contribution in [0.4, 0.5) is 0 Å². The predicted molar refractivity (Wildman–Crippen MR) is 87.6 cm³/mol. The van der Waals surface area contributed by atoms with Crippen molar-refractivity contribution in [2.75, 3.05) is 13.7 Å². The van der Waals surface area contributed by atoms with Crippen LogP contribution in [0.2, 0.25) is 0 Å². The van der Waals surface area contributed by atoms with E-state index in [-0.39, 0.29) is 5.75 Å². The number of hydrogen-bond donors (Lipinski definition) is 2. The van der Waals surface area contributed by atoms with Crippen LogP contribution < -0.4 is 9.46 Å². The van der Waals surface area contributed by atoms with E-state index >= 15 is 0 Å². The Kier molecular flexibility index (Phi) is 9.86. The maximum absolute atomic E-state index is 10.2. The molecule has 1 aromatic rings. The molecule has 0 saturated heterocycles. The summed E-state index contributed by atoms with van der Waals surface area (Å²) in [5, 5.41) is 9.53. The van der Waals surface area contributed by atoms with Crippen molar-refractivity contribution in [1.29, 1.82) is 0 Å². The molecule has 0 aliphatic rings. The van der Waals surface area contributed by atoms with Crippen LogP contribution in [0.25, 0.3) is 0 Å². The van der Waals surface area contributed by atoms with Crippen molar-refractivity contribution in [3.05, 3.63) is 23.8 Å². The third-order valence-corrected chi connectivity index (χ3v) is 4.05. The van der Waals surface area contributed by atoms with E-state index in [1.54, 1.807) is 13.2 Å².